The van der Waals surface area contributed by atoms with Gasteiger partial charge in [0.2, 0.25) is 0 Å². The van der Waals surface area contributed by atoms with E-state index in [4.69, 9.17) is 0 Å². The van der Waals surface area contributed by atoms with Crippen LogP contribution in [0.2, 0.25) is 0 Å². The molecule has 1 aromatic carbocycles. The van der Waals surface area contributed by atoms with E-state index in [2.05, 4.69) is 15.3 Å². The molecule has 0 aliphatic carbocycles. The molecule has 3 heterocycles. The Bertz CT molecular complexity index is 796. The number of nitrogens with zero attached hydrogens (tertiary/aromatic N) is 6. The van der Waals surface area contributed by atoms with Crippen LogP contribution in [0.4, 0.5) is 0 Å². The van der Waals surface area contributed by atoms with Crippen molar-refractivity contribution in [1.29, 1.82) is 0 Å². The average molecular weight is 308 g/mol. The Morgan fingerprint density at radius 1 is 1.09 bits per heavy atom. The molecule has 1 amide bonds. The van der Waals surface area contributed by atoms with E-state index in [1.165, 1.54) is 0 Å². The van der Waals surface area contributed by atoms with E-state index in [1.807, 2.05) is 41.4 Å². The first-order valence-electron chi connectivity index (χ1n) is 7.56. The van der Waals surface area contributed by atoms with Gasteiger partial charge in [-0.2, -0.15) is 20.1 Å². The predicted molar refractivity (Wildman–Crippen MR) is 83.1 cm³/mol. The Hall–Kier alpha value is -2.96. The lowest BCUT2D eigenvalue weighted by Crippen LogP contribution is -2.29. The van der Waals surface area contributed by atoms with E-state index in [-0.39, 0.29) is 11.9 Å². The van der Waals surface area contributed by atoms with Crippen molar-refractivity contribution >= 4 is 5.91 Å². The van der Waals surface area contributed by atoms with Gasteiger partial charge in [0, 0.05) is 31.0 Å². The molecular weight excluding hydrogens is 292 g/mol. The van der Waals surface area contributed by atoms with Gasteiger partial charge in [-0.05, 0) is 30.7 Å². The van der Waals surface area contributed by atoms with Gasteiger partial charge in [0.1, 0.15) is 0 Å². The molecule has 116 valence electrons. The highest BCUT2D eigenvalue weighted by molar-refractivity contribution is 5.95. The molecule has 0 spiro atoms. The molecule has 0 unspecified atom stereocenters. The van der Waals surface area contributed by atoms with Crippen molar-refractivity contribution in [1.82, 2.24) is 29.7 Å². The third-order valence-electron chi connectivity index (χ3n) is 4.08. The topological polar surface area (TPSA) is 68.8 Å². The fourth-order valence-electron chi connectivity index (χ4n) is 2.91. The molecule has 7 heteroatoms. The second kappa shape index (κ2) is 5.68. The smallest absolute Gasteiger partial charge is 0.254 e. The lowest BCUT2D eigenvalue weighted by Gasteiger charge is -2.17. The zero-order chi connectivity index (χ0) is 15.6. The Morgan fingerprint density at radius 3 is 2.74 bits per heavy atom. The summed E-state index contributed by atoms with van der Waals surface area (Å²) in [5.41, 5.74) is 1.55. The minimum Gasteiger partial charge on any atom is -0.336 e. The number of hydrogen-bond acceptors (Lipinski definition) is 4. The molecule has 0 N–H and O–H groups in total. The molecule has 1 aliphatic rings. The second-order valence-electron chi connectivity index (χ2n) is 5.54. The molecule has 23 heavy (non-hydrogen) atoms. The van der Waals surface area contributed by atoms with E-state index in [1.54, 1.807) is 28.1 Å². The minimum atomic E-state index is 0.0358. The van der Waals surface area contributed by atoms with Gasteiger partial charge in [-0.3, -0.25) is 4.79 Å². The van der Waals surface area contributed by atoms with E-state index in [0.717, 1.165) is 18.7 Å². The van der Waals surface area contributed by atoms with Crippen molar-refractivity contribution < 1.29 is 4.79 Å². The number of carbonyl (C=O) groups excluding carboxylic acids is 1. The Morgan fingerprint density at radius 2 is 1.96 bits per heavy atom. The zero-order valence-corrected chi connectivity index (χ0v) is 12.5. The molecule has 1 fully saturated rings. The highest BCUT2D eigenvalue weighted by Gasteiger charge is 2.29. The number of hydrogen-bond donors (Lipinski definition) is 0. The molecule has 7 nitrogen and oxygen atoms in total. The van der Waals surface area contributed by atoms with Crippen molar-refractivity contribution in [3.8, 4) is 5.69 Å². The van der Waals surface area contributed by atoms with Crippen LogP contribution in [0, 0.1) is 0 Å². The molecule has 1 aliphatic heterocycles. The van der Waals surface area contributed by atoms with Gasteiger partial charge in [0.15, 0.2) is 0 Å². The van der Waals surface area contributed by atoms with Crippen LogP contribution < -0.4 is 0 Å². The van der Waals surface area contributed by atoms with E-state index in [0.29, 0.717) is 12.1 Å². The first-order valence-corrected chi connectivity index (χ1v) is 7.56. The van der Waals surface area contributed by atoms with Crippen molar-refractivity contribution in [2.45, 2.75) is 12.5 Å². The molecule has 2 aromatic heterocycles. The quantitative estimate of drug-likeness (QED) is 0.736. The lowest BCUT2D eigenvalue weighted by molar-refractivity contribution is 0.0786. The monoisotopic (exact) mass is 308 g/mol. The van der Waals surface area contributed by atoms with Crippen LogP contribution in [-0.2, 0) is 0 Å². The Balaban J connectivity index is 1.52. The van der Waals surface area contributed by atoms with Gasteiger partial charge in [0.05, 0.1) is 24.1 Å². The summed E-state index contributed by atoms with van der Waals surface area (Å²) in [7, 11) is 0. The van der Waals surface area contributed by atoms with Gasteiger partial charge >= 0.3 is 0 Å². The summed E-state index contributed by atoms with van der Waals surface area (Å²) < 4.78 is 1.75. The minimum absolute atomic E-state index is 0.0358. The van der Waals surface area contributed by atoms with Crippen molar-refractivity contribution in [2.75, 3.05) is 13.1 Å². The summed E-state index contributed by atoms with van der Waals surface area (Å²) in [6.45, 7) is 1.36. The van der Waals surface area contributed by atoms with Crippen LogP contribution in [0.1, 0.15) is 22.8 Å². The molecule has 1 atom stereocenters. The standard InChI is InChI=1S/C16H16N6O/c23-16(20-10-5-15(12-20)22-18-7-8-19-22)13-3-1-4-14(11-13)21-9-2-6-17-21/h1-4,6-9,11,15H,5,10,12H2/t15-/m0/s1. The Kier molecular flexibility index (Phi) is 3.38. The van der Waals surface area contributed by atoms with Gasteiger partial charge in [-0.25, -0.2) is 4.68 Å². The first kappa shape index (κ1) is 13.7. The van der Waals surface area contributed by atoms with Crippen LogP contribution >= 0.6 is 0 Å². The van der Waals surface area contributed by atoms with Crippen molar-refractivity contribution in [3.05, 3.63) is 60.7 Å². The zero-order valence-electron chi connectivity index (χ0n) is 12.5. The summed E-state index contributed by atoms with van der Waals surface area (Å²) in [6.07, 6.45) is 7.78. The van der Waals surface area contributed by atoms with Gasteiger partial charge in [-0.15, -0.1) is 0 Å². The summed E-state index contributed by atoms with van der Waals surface area (Å²) >= 11 is 0. The molecule has 0 bridgehead atoms. The van der Waals surface area contributed by atoms with Crippen LogP contribution in [0.5, 0.6) is 0 Å². The fourth-order valence-corrected chi connectivity index (χ4v) is 2.91. The van der Waals surface area contributed by atoms with Crippen molar-refractivity contribution in [3.63, 3.8) is 0 Å². The SMILES string of the molecule is O=C(c1cccc(-n2cccn2)c1)N1CC[C@H](n2nccn2)C1. The summed E-state index contributed by atoms with van der Waals surface area (Å²) in [5.74, 6) is 0.0358. The fraction of sp³-hybridized carbons (Fsp3) is 0.250. The van der Waals surface area contributed by atoms with Crippen LogP contribution in [0.25, 0.3) is 5.69 Å². The highest BCUT2D eigenvalue weighted by atomic mass is 16.2. The first-order chi connectivity index (χ1) is 11.3. The van der Waals surface area contributed by atoms with Crippen molar-refractivity contribution in [2.24, 2.45) is 0 Å². The molecule has 0 saturated carbocycles. The number of benzene rings is 1. The van der Waals surface area contributed by atoms with Gasteiger partial charge in [0.25, 0.3) is 5.91 Å². The maximum atomic E-state index is 12.7. The normalized spacial score (nSPS) is 17.6. The average Bonchev–Trinajstić information content (AvgIpc) is 3.36. The van der Waals surface area contributed by atoms with E-state index < -0.39 is 0 Å². The molecule has 4 rings (SSSR count). The summed E-state index contributed by atoms with van der Waals surface area (Å²) in [6, 6.07) is 9.54. The number of aromatic nitrogens is 5. The van der Waals surface area contributed by atoms with Crippen LogP contribution in [0.15, 0.2) is 55.1 Å². The lowest BCUT2D eigenvalue weighted by atomic mass is 10.2. The van der Waals surface area contributed by atoms with Gasteiger partial charge in [-0.1, -0.05) is 6.07 Å². The number of likely N-dealkylation sites (tertiary alicyclic amines) is 1. The highest BCUT2D eigenvalue weighted by Crippen LogP contribution is 2.22. The third-order valence-corrected chi connectivity index (χ3v) is 4.08. The largest absolute Gasteiger partial charge is 0.336 e. The van der Waals surface area contributed by atoms with Crippen LogP contribution in [0.3, 0.4) is 0 Å². The number of rotatable bonds is 3. The second-order valence-corrected chi connectivity index (χ2v) is 5.54. The maximum absolute atomic E-state index is 12.7. The Labute approximate surface area is 133 Å². The maximum Gasteiger partial charge on any atom is 0.254 e. The number of carbonyl (C=O) groups is 1. The summed E-state index contributed by atoms with van der Waals surface area (Å²) in [4.78, 5) is 16.3. The molecular formula is C16H16N6O. The molecule has 1 saturated heterocycles. The molecule has 3 aromatic rings. The number of amides is 1. The third kappa shape index (κ3) is 2.61. The van der Waals surface area contributed by atoms with E-state index in [9.17, 15) is 4.79 Å². The van der Waals surface area contributed by atoms with E-state index >= 15 is 0 Å². The predicted octanol–water partition coefficient (Wildman–Crippen LogP) is 1.55. The summed E-state index contributed by atoms with van der Waals surface area (Å²) in [5, 5.41) is 12.5. The molecule has 0 radical (unpaired) electrons. The van der Waals surface area contributed by atoms with Crippen LogP contribution in [-0.4, -0.2) is 48.7 Å². The van der Waals surface area contributed by atoms with Gasteiger partial charge < -0.3 is 4.90 Å².